The zero-order valence-electron chi connectivity index (χ0n) is 11.7. The molecule has 0 aromatic heterocycles. The Morgan fingerprint density at radius 1 is 0.864 bits per heavy atom. The molecule has 0 saturated carbocycles. The van der Waals surface area contributed by atoms with Crippen LogP contribution in [0.5, 0.6) is 5.75 Å². The average Bonchev–Trinajstić information content (AvgIpc) is 2.88. The number of hydrogen-bond acceptors (Lipinski definition) is 4. The van der Waals surface area contributed by atoms with Gasteiger partial charge in [-0.15, -0.1) is 0 Å². The lowest BCUT2D eigenvalue weighted by Crippen LogP contribution is -2.29. The first-order chi connectivity index (χ1) is 10.7. The number of hydrogen-bond donors (Lipinski definition) is 0. The third kappa shape index (κ3) is 2.61. The second-order valence-corrected chi connectivity index (χ2v) is 4.85. The molecule has 1 aliphatic rings. The standard InChI is InChI=1S/C17H13NO4/c19-15-10-11-16(20)18(15)13-8-4-5-9-14(13)22-17(21)12-6-2-1-3-7-12/h1-9H,10-11H2. The third-order valence-electron chi connectivity index (χ3n) is 3.37. The molecule has 1 fully saturated rings. The van der Waals surface area contributed by atoms with Gasteiger partial charge in [0.2, 0.25) is 11.8 Å². The van der Waals surface area contributed by atoms with E-state index in [1.165, 1.54) is 0 Å². The molecule has 2 aromatic rings. The van der Waals surface area contributed by atoms with Crippen LogP contribution in [-0.4, -0.2) is 17.8 Å². The van der Waals surface area contributed by atoms with E-state index in [9.17, 15) is 14.4 Å². The fraction of sp³-hybridized carbons (Fsp3) is 0.118. The van der Waals surface area contributed by atoms with Crippen molar-refractivity contribution in [1.29, 1.82) is 0 Å². The van der Waals surface area contributed by atoms with Gasteiger partial charge < -0.3 is 4.74 Å². The van der Waals surface area contributed by atoms with E-state index in [4.69, 9.17) is 4.74 Å². The highest BCUT2D eigenvalue weighted by Gasteiger charge is 2.32. The van der Waals surface area contributed by atoms with Gasteiger partial charge in [-0.1, -0.05) is 30.3 Å². The van der Waals surface area contributed by atoms with E-state index >= 15 is 0 Å². The van der Waals surface area contributed by atoms with Crippen LogP contribution < -0.4 is 9.64 Å². The van der Waals surface area contributed by atoms with Crippen LogP contribution in [0.1, 0.15) is 23.2 Å². The molecule has 110 valence electrons. The molecule has 0 spiro atoms. The van der Waals surface area contributed by atoms with Gasteiger partial charge >= 0.3 is 5.97 Å². The van der Waals surface area contributed by atoms with E-state index < -0.39 is 5.97 Å². The number of nitrogens with zero attached hydrogens (tertiary/aromatic N) is 1. The van der Waals surface area contributed by atoms with Crippen LogP contribution in [0.4, 0.5) is 5.69 Å². The summed E-state index contributed by atoms with van der Waals surface area (Å²) in [5, 5.41) is 0. The monoisotopic (exact) mass is 295 g/mol. The Morgan fingerprint density at radius 2 is 1.45 bits per heavy atom. The van der Waals surface area contributed by atoms with Crippen molar-refractivity contribution in [1.82, 2.24) is 0 Å². The molecular weight excluding hydrogens is 282 g/mol. The maximum absolute atomic E-state index is 12.1. The van der Waals surface area contributed by atoms with E-state index in [-0.39, 0.29) is 30.4 Å². The normalized spacial score (nSPS) is 14.3. The highest BCUT2D eigenvalue weighted by Crippen LogP contribution is 2.32. The van der Waals surface area contributed by atoms with Crippen molar-refractivity contribution in [2.45, 2.75) is 12.8 Å². The Labute approximate surface area is 127 Å². The highest BCUT2D eigenvalue weighted by molar-refractivity contribution is 6.20. The maximum Gasteiger partial charge on any atom is 0.343 e. The molecular formula is C17H13NO4. The van der Waals surface area contributed by atoms with Crippen molar-refractivity contribution in [3.63, 3.8) is 0 Å². The maximum atomic E-state index is 12.1. The van der Waals surface area contributed by atoms with Gasteiger partial charge in [-0.2, -0.15) is 0 Å². The summed E-state index contributed by atoms with van der Waals surface area (Å²) in [4.78, 5) is 36.9. The summed E-state index contributed by atoms with van der Waals surface area (Å²) >= 11 is 0. The fourth-order valence-electron chi connectivity index (χ4n) is 2.31. The molecule has 1 saturated heterocycles. The second-order valence-electron chi connectivity index (χ2n) is 4.85. The number of carbonyl (C=O) groups excluding carboxylic acids is 3. The van der Waals surface area contributed by atoms with Crippen molar-refractivity contribution < 1.29 is 19.1 Å². The van der Waals surface area contributed by atoms with Gasteiger partial charge in [0.1, 0.15) is 0 Å². The van der Waals surface area contributed by atoms with Crippen molar-refractivity contribution in [2.24, 2.45) is 0 Å². The Balaban J connectivity index is 1.91. The van der Waals surface area contributed by atoms with Crippen molar-refractivity contribution >= 4 is 23.5 Å². The van der Waals surface area contributed by atoms with Crippen molar-refractivity contribution in [3.05, 3.63) is 60.2 Å². The number of benzene rings is 2. The van der Waals surface area contributed by atoms with E-state index in [1.54, 1.807) is 54.6 Å². The van der Waals surface area contributed by atoms with Crippen LogP contribution in [-0.2, 0) is 9.59 Å². The number of para-hydroxylation sites is 2. The largest absolute Gasteiger partial charge is 0.421 e. The molecule has 1 heterocycles. The lowest BCUT2D eigenvalue weighted by Gasteiger charge is -2.17. The number of rotatable bonds is 3. The second kappa shape index (κ2) is 5.81. The quantitative estimate of drug-likeness (QED) is 0.496. The number of esters is 1. The molecule has 0 bridgehead atoms. The first-order valence-electron chi connectivity index (χ1n) is 6.89. The van der Waals surface area contributed by atoms with E-state index in [1.807, 2.05) is 0 Å². The van der Waals surface area contributed by atoms with Crippen LogP contribution in [0.2, 0.25) is 0 Å². The molecule has 0 radical (unpaired) electrons. The van der Waals surface area contributed by atoms with Gasteiger partial charge in [0.05, 0.1) is 11.3 Å². The van der Waals surface area contributed by atoms with Crippen LogP contribution in [0, 0.1) is 0 Å². The summed E-state index contributed by atoms with van der Waals surface area (Å²) in [6.07, 6.45) is 0.361. The molecule has 0 unspecified atom stereocenters. The van der Waals surface area contributed by atoms with Crippen LogP contribution >= 0.6 is 0 Å². The minimum atomic E-state index is -0.535. The van der Waals surface area contributed by atoms with Crippen molar-refractivity contribution in [3.8, 4) is 5.75 Å². The van der Waals surface area contributed by atoms with Gasteiger partial charge in [0.25, 0.3) is 0 Å². The number of anilines is 1. The first-order valence-corrected chi connectivity index (χ1v) is 6.89. The number of imide groups is 1. The molecule has 5 heteroatoms. The summed E-state index contributed by atoms with van der Waals surface area (Å²) in [5.74, 6) is -0.909. The summed E-state index contributed by atoms with van der Waals surface area (Å²) in [5.41, 5.74) is 0.704. The molecule has 0 N–H and O–H groups in total. The smallest absolute Gasteiger partial charge is 0.343 e. The molecule has 0 atom stereocenters. The molecule has 5 nitrogen and oxygen atoms in total. The number of amides is 2. The zero-order chi connectivity index (χ0) is 15.5. The number of ether oxygens (including phenoxy) is 1. The van der Waals surface area contributed by atoms with E-state index in [0.29, 0.717) is 11.3 Å². The predicted molar refractivity (Wildman–Crippen MR) is 79.6 cm³/mol. The lowest BCUT2D eigenvalue weighted by molar-refractivity contribution is -0.121. The minimum Gasteiger partial charge on any atom is -0.421 e. The Morgan fingerprint density at radius 3 is 2.14 bits per heavy atom. The van der Waals surface area contributed by atoms with Gasteiger partial charge in [-0.3, -0.25) is 9.59 Å². The first kappa shape index (κ1) is 14.0. The summed E-state index contributed by atoms with van der Waals surface area (Å²) in [7, 11) is 0. The van der Waals surface area contributed by atoms with E-state index in [2.05, 4.69) is 0 Å². The lowest BCUT2D eigenvalue weighted by atomic mass is 10.2. The van der Waals surface area contributed by atoms with Crippen LogP contribution in [0.3, 0.4) is 0 Å². The zero-order valence-corrected chi connectivity index (χ0v) is 11.7. The van der Waals surface area contributed by atoms with Crippen LogP contribution in [0.15, 0.2) is 54.6 Å². The fourth-order valence-corrected chi connectivity index (χ4v) is 2.31. The molecule has 1 aliphatic heterocycles. The molecule has 2 amide bonds. The highest BCUT2D eigenvalue weighted by atomic mass is 16.5. The third-order valence-corrected chi connectivity index (χ3v) is 3.37. The Bertz CT molecular complexity index is 723. The molecule has 22 heavy (non-hydrogen) atoms. The van der Waals surface area contributed by atoms with Gasteiger partial charge in [-0.05, 0) is 24.3 Å². The summed E-state index contributed by atoms with van der Waals surface area (Å²) in [6.45, 7) is 0. The number of carbonyl (C=O) groups is 3. The average molecular weight is 295 g/mol. The molecule has 2 aromatic carbocycles. The van der Waals surface area contributed by atoms with Crippen LogP contribution in [0.25, 0.3) is 0 Å². The Hall–Kier alpha value is -2.95. The summed E-state index contributed by atoms with van der Waals surface area (Å²) in [6, 6.07) is 15.1. The SMILES string of the molecule is O=C(Oc1ccccc1N1C(=O)CCC1=O)c1ccccc1. The molecule has 3 rings (SSSR count). The van der Waals surface area contributed by atoms with Gasteiger partial charge in [0, 0.05) is 12.8 Å². The predicted octanol–water partition coefficient (Wildman–Crippen LogP) is 2.56. The topological polar surface area (TPSA) is 63.7 Å². The summed E-state index contributed by atoms with van der Waals surface area (Å²) < 4.78 is 5.36. The van der Waals surface area contributed by atoms with Gasteiger partial charge in [-0.25, -0.2) is 9.69 Å². The Kier molecular flexibility index (Phi) is 3.70. The molecule has 0 aliphatic carbocycles. The van der Waals surface area contributed by atoms with Crippen molar-refractivity contribution in [2.75, 3.05) is 4.90 Å². The van der Waals surface area contributed by atoms with E-state index in [0.717, 1.165) is 4.90 Å². The van der Waals surface area contributed by atoms with Gasteiger partial charge in [0.15, 0.2) is 5.75 Å². The minimum absolute atomic E-state index is 0.180.